The number of hydrogen-bond acceptors (Lipinski definition) is 6. The van der Waals surface area contributed by atoms with E-state index in [0.717, 1.165) is 12.1 Å². The number of benzene rings is 1. The van der Waals surface area contributed by atoms with Crippen LogP contribution in [-0.4, -0.2) is 62.1 Å². The van der Waals surface area contributed by atoms with Gasteiger partial charge in [0.05, 0.1) is 29.6 Å². The van der Waals surface area contributed by atoms with Gasteiger partial charge in [0.25, 0.3) is 5.91 Å². The molecular weight excluding hydrogens is 458 g/mol. The van der Waals surface area contributed by atoms with Gasteiger partial charge in [0.1, 0.15) is 22.7 Å². The molecule has 9 nitrogen and oxygen atoms in total. The van der Waals surface area contributed by atoms with E-state index in [2.05, 4.69) is 20.6 Å². The Morgan fingerprint density at radius 1 is 1.09 bits per heavy atom. The number of nitrogens with zero attached hydrogens (tertiary/aromatic N) is 5. The highest BCUT2D eigenvalue weighted by Crippen LogP contribution is 2.29. The molecule has 1 aliphatic heterocycles. The van der Waals surface area contributed by atoms with E-state index >= 15 is 0 Å². The first-order valence-corrected chi connectivity index (χ1v) is 11.6. The number of likely N-dealkylation sites (tertiary alicyclic amines) is 1. The number of nitrogens with one attached hydrogen (secondary N) is 1. The van der Waals surface area contributed by atoms with Gasteiger partial charge in [-0.3, -0.25) is 9.78 Å². The van der Waals surface area contributed by atoms with Gasteiger partial charge in [-0.2, -0.15) is 0 Å². The first-order chi connectivity index (χ1) is 16.6. The van der Waals surface area contributed by atoms with Gasteiger partial charge in [0, 0.05) is 24.7 Å². The summed E-state index contributed by atoms with van der Waals surface area (Å²) in [5.41, 5.74) is 0.888. The molecule has 0 spiro atoms. The molecule has 35 heavy (non-hydrogen) atoms. The van der Waals surface area contributed by atoms with Gasteiger partial charge >= 0.3 is 6.09 Å². The summed E-state index contributed by atoms with van der Waals surface area (Å²) >= 11 is 0. The summed E-state index contributed by atoms with van der Waals surface area (Å²) in [7, 11) is 0. The Kier molecular flexibility index (Phi) is 6.95. The monoisotopic (exact) mass is 486 g/mol. The van der Waals surface area contributed by atoms with Crippen LogP contribution in [0.3, 0.4) is 0 Å². The van der Waals surface area contributed by atoms with Crippen molar-refractivity contribution in [1.82, 2.24) is 30.2 Å². The molecule has 1 aromatic carbocycles. The van der Waals surface area contributed by atoms with Crippen molar-refractivity contribution in [2.75, 3.05) is 13.1 Å². The third-order valence-corrected chi connectivity index (χ3v) is 5.76. The van der Waals surface area contributed by atoms with Gasteiger partial charge in [-0.1, -0.05) is 5.21 Å². The number of carbonyl (C=O) groups excluding carboxylic acids is 2. The van der Waals surface area contributed by atoms with Crippen molar-refractivity contribution < 1.29 is 23.1 Å². The average molecular weight is 487 g/mol. The number of rotatable bonds is 5. The van der Waals surface area contributed by atoms with Gasteiger partial charge in [-0.25, -0.2) is 18.3 Å². The zero-order chi connectivity index (χ0) is 25.3. The molecule has 11 heteroatoms. The quantitative estimate of drug-likeness (QED) is 0.583. The Hall–Kier alpha value is -3.63. The summed E-state index contributed by atoms with van der Waals surface area (Å²) in [6, 6.07) is 3.19. The van der Waals surface area contributed by atoms with Gasteiger partial charge in [0.15, 0.2) is 0 Å². The molecule has 3 heterocycles. The van der Waals surface area contributed by atoms with E-state index in [9.17, 15) is 18.4 Å². The molecule has 2 aromatic heterocycles. The molecule has 1 saturated heterocycles. The summed E-state index contributed by atoms with van der Waals surface area (Å²) in [6.45, 7) is 8.15. The molecule has 0 aliphatic carbocycles. The molecule has 0 radical (unpaired) electrons. The zero-order valence-corrected chi connectivity index (χ0v) is 20.1. The van der Waals surface area contributed by atoms with Crippen molar-refractivity contribution in [3.05, 3.63) is 41.6 Å². The van der Waals surface area contributed by atoms with Crippen LogP contribution in [0.25, 0.3) is 22.3 Å². The van der Waals surface area contributed by atoms with E-state index in [0.29, 0.717) is 37.0 Å². The van der Waals surface area contributed by atoms with E-state index in [1.807, 2.05) is 13.8 Å². The molecule has 0 atom stereocenters. The summed E-state index contributed by atoms with van der Waals surface area (Å²) in [5, 5.41) is 11.0. The molecule has 3 aromatic rings. The normalized spacial score (nSPS) is 14.7. The molecule has 0 unspecified atom stereocenters. The van der Waals surface area contributed by atoms with Crippen LogP contribution in [0.15, 0.2) is 24.4 Å². The molecule has 186 valence electrons. The van der Waals surface area contributed by atoms with Crippen LogP contribution in [0.5, 0.6) is 0 Å². The van der Waals surface area contributed by atoms with E-state index in [1.165, 1.54) is 6.20 Å². The van der Waals surface area contributed by atoms with Gasteiger partial charge in [-0.15, -0.1) is 5.10 Å². The van der Waals surface area contributed by atoms with Crippen LogP contribution in [0.1, 0.15) is 56.9 Å². The van der Waals surface area contributed by atoms with E-state index in [-0.39, 0.29) is 41.1 Å². The fourth-order valence-electron chi connectivity index (χ4n) is 4.08. The molecule has 2 amide bonds. The van der Waals surface area contributed by atoms with Crippen LogP contribution in [0.4, 0.5) is 13.6 Å². The predicted octanol–water partition coefficient (Wildman–Crippen LogP) is 4.09. The molecular formula is C24H28F2N6O3. The Morgan fingerprint density at radius 3 is 2.46 bits per heavy atom. The smallest absolute Gasteiger partial charge is 0.410 e. The maximum Gasteiger partial charge on any atom is 0.410 e. The lowest BCUT2D eigenvalue weighted by Gasteiger charge is -2.31. The van der Waals surface area contributed by atoms with Crippen molar-refractivity contribution in [2.45, 2.75) is 58.7 Å². The van der Waals surface area contributed by atoms with Crippen LogP contribution in [0, 0.1) is 11.6 Å². The minimum Gasteiger partial charge on any atom is -0.447 e. The number of piperidine rings is 1. The highest BCUT2D eigenvalue weighted by molar-refractivity contribution is 5.95. The number of carbonyl (C=O) groups is 2. The second-order valence-corrected chi connectivity index (χ2v) is 9.18. The maximum absolute atomic E-state index is 14.8. The maximum atomic E-state index is 14.8. The third-order valence-electron chi connectivity index (χ3n) is 5.76. The highest BCUT2D eigenvalue weighted by atomic mass is 19.1. The van der Waals surface area contributed by atoms with Crippen LogP contribution < -0.4 is 5.32 Å². The largest absolute Gasteiger partial charge is 0.447 e. The first kappa shape index (κ1) is 24.5. The van der Waals surface area contributed by atoms with Gasteiger partial charge < -0.3 is 15.0 Å². The average Bonchev–Trinajstić information content (AvgIpc) is 3.22. The molecule has 1 fully saturated rings. The fraction of sp³-hybridized carbons (Fsp3) is 0.458. The van der Waals surface area contributed by atoms with Crippen LogP contribution in [-0.2, 0) is 4.74 Å². The number of ether oxygens (including phenoxy) is 1. The predicted molar refractivity (Wildman–Crippen MR) is 125 cm³/mol. The standard InChI is InChI=1S/C24H28F2N6O3/c1-13(2)28-23(33)17-10-18(25)16(9-19(17)26)20-11-21-22(12-27-20)32(30-29-21)15-5-7-31(8-6-15)24(34)35-14(3)4/h9-15H,5-8H2,1-4H3,(H,28,33). The van der Waals surface area contributed by atoms with Crippen molar-refractivity contribution in [3.63, 3.8) is 0 Å². The molecule has 1 aliphatic rings. The summed E-state index contributed by atoms with van der Waals surface area (Å²) < 4.78 is 36.4. The minimum absolute atomic E-state index is 0.0173. The van der Waals surface area contributed by atoms with Crippen molar-refractivity contribution in [3.8, 4) is 11.3 Å². The van der Waals surface area contributed by atoms with Gasteiger partial charge in [-0.05, 0) is 58.7 Å². The molecule has 0 bridgehead atoms. The lowest BCUT2D eigenvalue weighted by molar-refractivity contribution is 0.0654. The van der Waals surface area contributed by atoms with Crippen molar-refractivity contribution >= 4 is 23.0 Å². The Morgan fingerprint density at radius 2 is 1.80 bits per heavy atom. The summed E-state index contributed by atoms with van der Waals surface area (Å²) in [6.07, 6.45) is 2.38. The van der Waals surface area contributed by atoms with Crippen LogP contribution >= 0.6 is 0 Å². The number of pyridine rings is 1. The number of hydrogen-bond donors (Lipinski definition) is 1. The lowest BCUT2D eigenvalue weighted by Crippen LogP contribution is -2.40. The van der Waals surface area contributed by atoms with E-state index < -0.39 is 17.5 Å². The number of halogens is 2. The molecule has 0 saturated carbocycles. The van der Waals surface area contributed by atoms with Crippen molar-refractivity contribution in [2.24, 2.45) is 0 Å². The van der Waals surface area contributed by atoms with Crippen molar-refractivity contribution in [1.29, 1.82) is 0 Å². The third kappa shape index (κ3) is 5.23. The fourth-order valence-corrected chi connectivity index (χ4v) is 4.08. The Bertz CT molecular complexity index is 1250. The van der Waals surface area contributed by atoms with E-state index in [4.69, 9.17) is 4.74 Å². The van der Waals surface area contributed by atoms with Crippen LogP contribution in [0.2, 0.25) is 0 Å². The number of amides is 2. The highest BCUT2D eigenvalue weighted by Gasteiger charge is 2.27. The topological polar surface area (TPSA) is 102 Å². The number of aromatic nitrogens is 4. The second kappa shape index (κ2) is 9.93. The SMILES string of the molecule is CC(C)NC(=O)c1cc(F)c(-c2cc3nnn(C4CCN(C(=O)OC(C)C)CC4)c3cn2)cc1F. The molecule has 1 N–H and O–H groups in total. The number of fused-ring (bicyclic) bond motifs is 1. The lowest BCUT2D eigenvalue weighted by atomic mass is 10.0. The zero-order valence-electron chi connectivity index (χ0n) is 20.1. The first-order valence-electron chi connectivity index (χ1n) is 11.6. The summed E-state index contributed by atoms with van der Waals surface area (Å²) in [4.78, 5) is 30.2. The summed E-state index contributed by atoms with van der Waals surface area (Å²) in [5.74, 6) is -2.29. The van der Waals surface area contributed by atoms with E-state index in [1.54, 1.807) is 29.5 Å². The minimum atomic E-state index is -0.840. The molecule has 4 rings (SSSR count). The Balaban J connectivity index is 1.53. The second-order valence-electron chi connectivity index (χ2n) is 9.18. The Labute approximate surface area is 201 Å². The van der Waals surface area contributed by atoms with Gasteiger partial charge in [0.2, 0.25) is 0 Å².